The van der Waals surface area contributed by atoms with Crippen LogP contribution in [0.5, 0.6) is 5.75 Å². The molecule has 0 aliphatic carbocycles. The Morgan fingerprint density at radius 3 is 2.70 bits per heavy atom. The van der Waals surface area contributed by atoms with Gasteiger partial charge in [-0.2, -0.15) is 0 Å². The monoisotopic (exact) mass is 279 g/mol. The van der Waals surface area contributed by atoms with Crippen LogP contribution in [-0.4, -0.2) is 40.9 Å². The number of oxime groups is 1. The molecule has 0 aromatic heterocycles. The Labute approximate surface area is 116 Å². The van der Waals surface area contributed by atoms with Crippen molar-refractivity contribution in [3.63, 3.8) is 0 Å². The fourth-order valence-electron chi connectivity index (χ4n) is 2.31. The number of piperidine rings is 1. The molecule has 0 atom stereocenters. The van der Waals surface area contributed by atoms with Crippen molar-refractivity contribution < 1.29 is 14.9 Å². The molecule has 0 saturated carbocycles. The molecule has 7 nitrogen and oxygen atoms in total. The molecule has 7 heteroatoms. The fourth-order valence-corrected chi connectivity index (χ4v) is 2.31. The standard InChI is InChI=1S/C13H17N3O4/c1-20-13-3-2-12(16(18)19)8-10(13)9-15-6-4-11(14-17)5-7-15/h2-3,8,17H,4-7,9H2,1H3. The molecule has 1 fully saturated rings. The van der Waals surface area contributed by atoms with Gasteiger partial charge < -0.3 is 9.94 Å². The van der Waals surface area contributed by atoms with Gasteiger partial charge in [0.05, 0.1) is 17.7 Å². The molecule has 0 spiro atoms. The Kier molecular flexibility index (Phi) is 4.52. The van der Waals surface area contributed by atoms with Crippen molar-refractivity contribution in [1.29, 1.82) is 0 Å². The lowest BCUT2D eigenvalue weighted by Gasteiger charge is -2.27. The maximum atomic E-state index is 10.8. The first-order chi connectivity index (χ1) is 9.63. The van der Waals surface area contributed by atoms with Crippen LogP contribution in [0.4, 0.5) is 5.69 Å². The molecule has 1 heterocycles. The summed E-state index contributed by atoms with van der Waals surface area (Å²) in [7, 11) is 1.55. The van der Waals surface area contributed by atoms with E-state index in [0.29, 0.717) is 25.1 Å². The van der Waals surface area contributed by atoms with Gasteiger partial charge >= 0.3 is 0 Å². The molecule has 1 aromatic rings. The van der Waals surface area contributed by atoms with Gasteiger partial charge in [-0.05, 0) is 6.07 Å². The van der Waals surface area contributed by atoms with Gasteiger partial charge in [0.15, 0.2) is 0 Å². The number of hydrogen-bond acceptors (Lipinski definition) is 6. The molecule has 20 heavy (non-hydrogen) atoms. The van der Waals surface area contributed by atoms with Crippen molar-refractivity contribution in [2.75, 3.05) is 20.2 Å². The number of nitro benzene ring substituents is 1. The summed E-state index contributed by atoms with van der Waals surface area (Å²) in [6, 6.07) is 4.61. The van der Waals surface area contributed by atoms with Crippen molar-refractivity contribution in [3.8, 4) is 5.75 Å². The first kappa shape index (κ1) is 14.3. The largest absolute Gasteiger partial charge is 0.496 e. The molecule has 1 aromatic carbocycles. The number of non-ortho nitro benzene ring substituents is 1. The zero-order valence-corrected chi connectivity index (χ0v) is 11.3. The van der Waals surface area contributed by atoms with Gasteiger partial charge in [0.25, 0.3) is 5.69 Å². The number of nitrogens with zero attached hydrogens (tertiary/aromatic N) is 3. The van der Waals surface area contributed by atoms with Crippen molar-refractivity contribution in [2.24, 2.45) is 5.16 Å². The maximum absolute atomic E-state index is 10.8. The molecular formula is C13H17N3O4. The predicted octanol–water partition coefficient (Wildman–Crippen LogP) is 2.03. The molecule has 0 radical (unpaired) electrons. The van der Waals surface area contributed by atoms with Gasteiger partial charge in [-0.15, -0.1) is 0 Å². The van der Waals surface area contributed by atoms with E-state index in [1.165, 1.54) is 6.07 Å². The van der Waals surface area contributed by atoms with Gasteiger partial charge in [-0.1, -0.05) is 5.16 Å². The second-order valence-electron chi connectivity index (χ2n) is 4.70. The minimum Gasteiger partial charge on any atom is -0.496 e. The Morgan fingerprint density at radius 2 is 2.15 bits per heavy atom. The van der Waals surface area contributed by atoms with E-state index in [-0.39, 0.29) is 5.69 Å². The number of nitro groups is 1. The molecular weight excluding hydrogens is 262 g/mol. The quantitative estimate of drug-likeness (QED) is 0.517. The third-order valence-electron chi connectivity index (χ3n) is 3.44. The fraction of sp³-hybridized carbons (Fsp3) is 0.462. The van der Waals surface area contributed by atoms with Gasteiger partial charge in [-0.25, -0.2) is 0 Å². The van der Waals surface area contributed by atoms with E-state index in [2.05, 4.69) is 10.1 Å². The number of methoxy groups -OCH3 is 1. The van der Waals surface area contributed by atoms with Crippen LogP contribution < -0.4 is 4.74 Å². The van der Waals surface area contributed by atoms with E-state index < -0.39 is 4.92 Å². The van der Waals surface area contributed by atoms with Gasteiger partial charge in [0.1, 0.15) is 5.75 Å². The Morgan fingerprint density at radius 1 is 1.45 bits per heavy atom. The Hall–Kier alpha value is -2.15. The van der Waals surface area contributed by atoms with Crippen LogP contribution in [0.15, 0.2) is 23.4 Å². The smallest absolute Gasteiger partial charge is 0.270 e. The summed E-state index contributed by atoms with van der Waals surface area (Å²) >= 11 is 0. The SMILES string of the molecule is COc1ccc([N+](=O)[O-])cc1CN1CCC(=NO)CC1. The second kappa shape index (κ2) is 6.33. The summed E-state index contributed by atoms with van der Waals surface area (Å²) in [5, 5.41) is 22.8. The highest BCUT2D eigenvalue weighted by molar-refractivity contribution is 5.84. The third kappa shape index (κ3) is 3.24. The summed E-state index contributed by atoms with van der Waals surface area (Å²) < 4.78 is 5.25. The zero-order chi connectivity index (χ0) is 14.5. The van der Waals surface area contributed by atoms with Crippen LogP contribution in [0.2, 0.25) is 0 Å². The van der Waals surface area contributed by atoms with E-state index in [4.69, 9.17) is 9.94 Å². The van der Waals surface area contributed by atoms with Gasteiger partial charge in [0.2, 0.25) is 0 Å². The summed E-state index contributed by atoms with van der Waals surface area (Å²) in [6.07, 6.45) is 1.43. The van der Waals surface area contributed by atoms with E-state index in [1.54, 1.807) is 19.2 Å². The lowest BCUT2D eigenvalue weighted by molar-refractivity contribution is -0.385. The van der Waals surface area contributed by atoms with E-state index in [9.17, 15) is 10.1 Å². The van der Waals surface area contributed by atoms with Crippen LogP contribution in [0.25, 0.3) is 0 Å². The highest BCUT2D eigenvalue weighted by Crippen LogP contribution is 2.26. The summed E-state index contributed by atoms with van der Waals surface area (Å²) in [5.41, 5.74) is 1.66. The highest BCUT2D eigenvalue weighted by atomic mass is 16.6. The summed E-state index contributed by atoms with van der Waals surface area (Å²) in [5.74, 6) is 0.650. The number of rotatable bonds is 4. The van der Waals surface area contributed by atoms with Crippen molar-refractivity contribution in [1.82, 2.24) is 4.90 Å². The highest BCUT2D eigenvalue weighted by Gasteiger charge is 2.18. The number of ether oxygens (including phenoxy) is 1. The van der Waals surface area contributed by atoms with Gasteiger partial charge in [0, 0.05) is 50.2 Å². The topological polar surface area (TPSA) is 88.2 Å². The second-order valence-corrected chi connectivity index (χ2v) is 4.70. The lowest BCUT2D eigenvalue weighted by Crippen LogP contribution is -2.33. The van der Waals surface area contributed by atoms with Crippen LogP contribution in [0.3, 0.4) is 0 Å². The normalized spacial score (nSPS) is 15.9. The van der Waals surface area contributed by atoms with Crippen molar-refractivity contribution in [3.05, 3.63) is 33.9 Å². The average Bonchev–Trinajstić information content (AvgIpc) is 2.48. The average molecular weight is 279 g/mol. The van der Waals surface area contributed by atoms with Crippen LogP contribution in [0.1, 0.15) is 18.4 Å². The Bertz CT molecular complexity index is 520. The minimum absolute atomic E-state index is 0.0652. The first-order valence-electron chi connectivity index (χ1n) is 6.37. The Balaban J connectivity index is 2.11. The molecule has 108 valence electrons. The molecule has 2 rings (SSSR count). The van der Waals surface area contributed by atoms with E-state index in [0.717, 1.165) is 24.4 Å². The first-order valence-corrected chi connectivity index (χ1v) is 6.37. The number of hydrogen-bond donors (Lipinski definition) is 1. The third-order valence-corrected chi connectivity index (χ3v) is 3.44. The predicted molar refractivity (Wildman–Crippen MR) is 73.4 cm³/mol. The molecule has 1 aliphatic heterocycles. The van der Waals surface area contributed by atoms with E-state index >= 15 is 0 Å². The van der Waals surface area contributed by atoms with E-state index in [1.807, 2.05) is 0 Å². The molecule has 1 aliphatic rings. The minimum atomic E-state index is -0.407. The van der Waals surface area contributed by atoms with Gasteiger partial charge in [-0.3, -0.25) is 15.0 Å². The molecule has 1 N–H and O–H groups in total. The zero-order valence-electron chi connectivity index (χ0n) is 11.3. The molecule has 0 bridgehead atoms. The van der Waals surface area contributed by atoms with Crippen molar-refractivity contribution in [2.45, 2.75) is 19.4 Å². The van der Waals surface area contributed by atoms with Crippen LogP contribution in [-0.2, 0) is 6.54 Å². The molecule has 0 unspecified atom stereocenters. The summed E-state index contributed by atoms with van der Waals surface area (Å²) in [6.45, 7) is 2.13. The maximum Gasteiger partial charge on any atom is 0.270 e. The van der Waals surface area contributed by atoms with Crippen LogP contribution >= 0.6 is 0 Å². The number of benzene rings is 1. The summed E-state index contributed by atoms with van der Waals surface area (Å²) in [4.78, 5) is 12.6. The van der Waals surface area contributed by atoms with Crippen molar-refractivity contribution >= 4 is 11.4 Å². The lowest BCUT2D eigenvalue weighted by atomic mass is 10.1. The number of likely N-dealkylation sites (tertiary alicyclic amines) is 1. The molecule has 1 saturated heterocycles. The van der Waals surface area contributed by atoms with Crippen LogP contribution in [0, 0.1) is 10.1 Å². The molecule has 0 amide bonds.